The van der Waals surface area contributed by atoms with Crippen LogP contribution in [0.5, 0.6) is 0 Å². The molecule has 0 radical (unpaired) electrons. The SMILES string of the molecule is COC1OC(CO)C(OCc2ccccc2)[C@H](OCc2ccccc2)C1OCc1ccccc1. The van der Waals surface area contributed by atoms with Crippen molar-refractivity contribution in [2.24, 2.45) is 0 Å². The Hall–Kier alpha value is -2.58. The van der Waals surface area contributed by atoms with Crippen LogP contribution in [0.3, 0.4) is 0 Å². The summed E-state index contributed by atoms with van der Waals surface area (Å²) < 4.78 is 30.7. The first-order valence-electron chi connectivity index (χ1n) is 11.5. The van der Waals surface area contributed by atoms with Crippen molar-refractivity contribution in [1.29, 1.82) is 0 Å². The molecule has 4 rings (SSSR count). The van der Waals surface area contributed by atoms with E-state index in [2.05, 4.69) is 0 Å². The van der Waals surface area contributed by atoms with Crippen molar-refractivity contribution in [3.63, 3.8) is 0 Å². The molecule has 1 N–H and O–H groups in total. The van der Waals surface area contributed by atoms with E-state index in [9.17, 15) is 5.11 Å². The summed E-state index contributed by atoms with van der Waals surface area (Å²) in [6.07, 6.45) is -2.97. The molecule has 34 heavy (non-hydrogen) atoms. The van der Waals surface area contributed by atoms with Gasteiger partial charge in [-0.25, -0.2) is 0 Å². The highest BCUT2D eigenvalue weighted by Crippen LogP contribution is 2.30. The third-order valence-corrected chi connectivity index (χ3v) is 5.86. The average molecular weight is 465 g/mol. The number of methoxy groups -OCH3 is 1. The molecular formula is C28H32O6. The summed E-state index contributed by atoms with van der Waals surface area (Å²) in [5.74, 6) is 0. The molecule has 180 valence electrons. The van der Waals surface area contributed by atoms with Crippen molar-refractivity contribution in [1.82, 2.24) is 0 Å². The average Bonchev–Trinajstić information content (AvgIpc) is 2.91. The molecule has 6 heteroatoms. The van der Waals surface area contributed by atoms with E-state index in [-0.39, 0.29) is 6.61 Å². The van der Waals surface area contributed by atoms with E-state index in [4.69, 9.17) is 23.7 Å². The summed E-state index contributed by atoms with van der Waals surface area (Å²) in [6, 6.07) is 29.8. The molecule has 5 atom stereocenters. The van der Waals surface area contributed by atoms with Gasteiger partial charge in [0, 0.05) is 7.11 Å². The van der Waals surface area contributed by atoms with Crippen molar-refractivity contribution >= 4 is 0 Å². The van der Waals surface area contributed by atoms with Gasteiger partial charge in [0.2, 0.25) is 0 Å². The number of benzene rings is 3. The number of aliphatic hydroxyl groups is 1. The molecule has 0 bridgehead atoms. The lowest BCUT2D eigenvalue weighted by Crippen LogP contribution is -2.61. The highest BCUT2D eigenvalue weighted by atomic mass is 16.7. The zero-order chi connectivity index (χ0) is 23.6. The third-order valence-electron chi connectivity index (χ3n) is 5.86. The fourth-order valence-corrected chi connectivity index (χ4v) is 4.08. The minimum absolute atomic E-state index is 0.226. The van der Waals surface area contributed by atoms with E-state index in [1.165, 1.54) is 0 Å². The van der Waals surface area contributed by atoms with Gasteiger partial charge in [-0.3, -0.25) is 0 Å². The Kier molecular flexibility index (Phi) is 9.21. The van der Waals surface area contributed by atoms with Gasteiger partial charge in [0.05, 0.1) is 26.4 Å². The van der Waals surface area contributed by atoms with E-state index in [0.717, 1.165) is 16.7 Å². The predicted octanol–water partition coefficient (Wildman–Crippen LogP) is 4.11. The molecule has 0 amide bonds. The lowest BCUT2D eigenvalue weighted by Gasteiger charge is -2.45. The van der Waals surface area contributed by atoms with E-state index < -0.39 is 30.7 Å². The number of ether oxygens (including phenoxy) is 5. The molecular weight excluding hydrogens is 432 g/mol. The molecule has 0 aliphatic carbocycles. The van der Waals surface area contributed by atoms with Gasteiger partial charge in [-0.15, -0.1) is 0 Å². The minimum atomic E-state index is -0.710. The highest BCUT2D eigenvalue weighted by molar-refractivity contribution is 5.15. The fraction of sp³-hybridized carbons (Fsp3) is 0.357. The smallest absolute Gasteiger partial charge is 0.186 e. The molecule has 3 aromatic rings. The van der Waals surface area contributed by atoms with Crippen molar-refractivity contribution < 1.29 is 28.8 Å². The van der Waals surface area contributed by atoms with Crippen LogP contribution in [0.4, 0.5) is 0 Å². The number of hydrogen-bond acceptors (Lipinski definition) is 6. The van der Waals surface area contributed by atoms with Crippen LogP contribution < -0.4 is 0 Å². The fourth-order valence-electron chi connectivity index (χ4n) is 4.08. The van der Waals surface area contributed by atoms with Crippen LogP contribution in [0.1, 0.15) is 16.7 Å². The molecule has 1 heterocycles. The minimum Gasteiger partial charge on any atom is -0.394 e. The topological polar surface area (TPSA) is 66.4 Å². The maximum absolute atomic E-state index is 10.1. The first-order chi connectivity index (χ1) is 16.8. The standard InChI is InChI=1S/C28H32O6/c1-30-28-27(33-20-23-15-9-4-10-16-23)26(32-19-22-13-7-3-8-14-22)25(24(17-29)34-28)31-18-21-11-5-2-6-12-21/h2-16,24-29H,17-20H2,1H3/t24?,25?,26-,27?,28?/m0/s1. The summed E-state index contributed by atoms with van der Waals surface area (Å²) in [5.41, 5.74) is 3.09. The molecule has 1 fully saturated rings. The second kappa shape index (κ2) is 12.8. The Morgan fingerprint density at radius 1 is 0.618 bits per heavy atom. The van der Waals surface area contributed by atoms with Gasteiger partial charge >= 0.3 is 0 Å². The van der Waals surface area contributed by atoms with E-state index >= 15 is 0 Å². The number of rotatable bonds is 11. The van der Waals surface area contributed by atoms with Crippen LogP contribution in [-0.2, 0) is 43.5 Å². The van der Waals surface area contributed by atoms with Gasteiger partial charge < -0.3 is 28.8 Å². The number of aliphatic hydroxyl groups excluding tert-OH is 1. The first-order valence-corrected chi connectivity index (χ1v) is 11.5. The lowest BCUT2D eigenvalue weighted by molar-refractivity contribution is -0.321. The van der Waals surface area contributed by atoms with Gasteiger partial charge in [-0.05, 0) is 16.7 Å². The second-order valence-corrected chi connectivity index (χ2v) is 8.24. The normalized spacial score (nSPS) is 24.7. The van der Waals surface area contributed by atoms with Gasteiger partial charge in [0.25, 0.3) is 0 Å². The summed E-state index contributed by atoms with van der Waals surface area (Å²) >= 11 is 0. The molecule has 1 saturated heterocycles. The van der Waals surface area contributed by atoms with Gasteiger partial charge in [-0.1, -0.05) is 91.0 Å². The summed E-state index contributed by atoms with van der Waals surface area (Å²) in [6.45, 7) is 0.876. The van der Waals surface area contributed by atoms with Crippen molar-refractivity contribution in [3.8, 4) is 0 Å². The van der Waals surface area contributed by atoms with E-state index in [1.54, 1.807) is 7.11 Å². The first kappa shape index (κ1) is 24.5. The van der Waals surface area contributed by atoms with Crippen LogP contribution in [0, 0.1) is 0 Å². The molecule has 0 saturated carbocycles. The van der Waals surface area contributed by atoms with Gasteiger partial charge in [0.15, 0.2) is 6.29 Å². The Morgan fingerprint density at radius 2 is 1.03 bits per heavy atom. The van der Waals surface area contributed by atoms with E-state index in [0.29, 0.717) is 19.8 Å². The monoisotopic (exact) mass is 464 g/mol. The molecule has 1 aliphatic heterocycles. The van der Waals surface area contributed by atoms with Gasteiger partial charge in [0.1, 0.15) is 24.4 Å². The molecule has 4 unspecified atom stereocenters. The highest BCUT2D eigenvalue weighted by Gasteiger charge is 2.48. The Morgan fingerprint density at radius 3 is 1.44 bits per heavy atom. The Bertz CT molecular complexity index is 895. The summed E-state index contributed by atoms with van der Waals surface area (Å²) in [4.78, 5) is 0. The van der Waals surface area contributed by atoms with Crippen molar-refractivity contribution in [2.75, 3.05) is 13.7 Å². The number of hydrogen-bond donors (Lipinski definition) is 1. The van der Waals surface area contributed by atoms with Crippen LogP contribution >= 0.6 is 0 Å². The zero-order valence-electron chi connectivity index (χ0n) is 19.4. The maximum Gasteiger partial charge on any atom is 0.186 e. The third kappa shape index (κ3) is 6.51. The lowest BCUT2D eigenvalue weighted by atomic mass is 9.98. The van der Waals surface area contributed by atoms with Crippen molar-refractivity contribution in [2.45, 2.75) is 50.5 Å². The molecule has 0 spiro atoms. The summed E-state index contributed by atoms with van der Waals surface area (Å²) in [7, 11) is 1.57. The van der Waals surface area contributed by atoms with Crippen LogP contribution in [-0.4, -0.2) is 49.5 Å². The second-order valence-electron chi connectivity index (χ2n) is 8.24. The van der Waals surface area contributed by atoms with E-state index in [1.807, 2.05) is 91.0 Å². The predicted molar refractivity (Wildman–Crippen MR) is 128 cm³/mol. The molecule has 1 aliphatic rings. The van der Waals surface area contributed by atoms with Gasteiger partial charge in [-0.2, -0.15) is 0 Å². The summed E-state index contributed by atoms with van der Waals surface area (Å²) in [5, 5.41) is 10.1. The Labute approximate surface area is 201 Å². The Balaban J connectivity index is 1.56. The molecule has 3 aromatic carbocycles. The maximum atomic E-state index is 10.1. The zero-order valence-corrected chi connectivity index (χ0v) is 19.4. The van der Waals surface area contributed by atoms with Crippen LogP contribution in [0.25, 0.3) is 0 Å². The van der Waals surface area contributed by atoms with Crippen LogP contribution in [0.2, 0.25) is 0 Å². The molecule has 0 aromatic heterocycles. The largest absolute Gasteiger partial charge is 0.394 e. The molecule has 6 nitrogen and oxygen atoms in total. The quantitative estimate of drug-likeness (QED) is 0.461. The van der Waals surface area contributed by atoms with Crippen LogP contribution in [0.15, 0.2) is 91.0 Å². The van der Waals surface area contributed by atoms with Crippen molar-refractivity contribution in [3.05, 3.63) is 108 Å².